The van der Waals surface area contributed by atoms with E-state index in [-0.39, 0.29) is 18.4 Å². The maximum absolute atomic E-state index is 11.5. The van der Waals surface area contributed by atoms with E-state index in [1.807, 2.05) is 6.92 Å². The molecule has 6 heteroatoms. The molecular formula is C11H25ClN2O2S. The summed E-state index contributed by atoms with van der Waals surface area (Å²) in [5.41, 5.74) is 11.3. The van der Waals surface area contributed by atoms with Gasteiger partial charge in [-0.05, 0) is 18.6 Å². The molecule has 104 valence electrons. The normalized spacial score (nSPS) is 13.6. The van der Waals surface area contributed by atoms with Crippen LogP contribution in [-0.4, -0.2) is 29.7 Å². The number of esters is 1. The lowest BCUT2D eigenvalue weighted by atomic mass is 10.2. The standard InChI is InChI=1S/C11H24N2O2S.ClH/c1-3-5-6-7-10(13)15-11(14)9(12)8-16-4-2;/h9-10H,3-8,12-13H2,1-2H3;1H/t9-,10?;/m0./s1. The fourth-order valence-corrected chi connectivity index (χ4v) is 1.83. The molecule has 0 aromatic rings. The fourth-order valence-electron chi connectivity index (χ4n) is 1.20. The van der Waals surface area contributed by atoms with E-state index in [1.54, 1.807) is 11.8 Å². The van der Waals surface area contributed by atoms with Crippen LogP contribution < -0.4 is 11.5 Å². The van der Waals surface area contributed by atoms with Gasteiger partial charge in [0, 0.05) is 5.75 Å². The van der Waals surface area contributed by atoms with Crippen molar-refractivity contribution in [2.75, 3.05) is 11.5 Å². The van der Waals surface area contributed by atoms with Gasteiger partial charge in [-0.15, -0.1) is 12.4 Å². The van der Waals surface area contributed by atoms with Crippen molar-refractivity contribution in [3.8, 4) is 0 Å². The summed E-state index contributed by atoms with van der Waals surface area (Å²) in [5, 5.41) is 0. The van der Waals surface area contributed by atoms with Crippen molar-refractivity contribution >= 4 is 30.1 Å². The van der Waals surface area contributed by atoms with Crippen LogP contribution in [0.25, 0.3) is 0 Å². The van der Waals surface area contributed by atoms with Gasteiger partial charge >= 0.3 is 5.97 Å². The molecule has 0 aromatic heterocycles. The van der Waals surface area contributed by atoms with Crippen molar-refractivity contribution in [3.63, 3.8) is 0 Å². The lowest BCUT2D eigenvalue weighted by Crippen LogP contribution is -2.39. The highest BCUT2D eigenvalue weighted by molar-refractivity contribution is 7.99. The van der Waals surface area contributed by atoms with Crippen LogP contribution >= 0.6 is 24.2 Å². The SMILES string of the molecule is CCCCCC(N)OC(=O)[C@@H](N)CSCC.Cl. The van der Waals surface area contributed by atoms with Crippen LogP contribution in [0.1, 0.15) is 39.5 Å². The summed E-state index contributed by atoms with van der Waals surface area (Å²) in [5.74, 6) is 1.16. The molecule has 0 saturated carbocycles. The zero-order valence-corrected chi connectivity index (χ0v) is 12.3. The van der Waals surface area contributed by atoms with E-state index in [4.69, 9.17) is 16.2 Å². The summed E-state index contributed by atoms with van der Waals surface area (Å²) < 4.78 is 5.06. The van der Waals surface area contributed by atoms with Crippen molar-refractivity contribution in [3.05, 3.63) is 0 Å². The summed E-state index contributed by atoms with van der Waals surface area (Å²) in [7, 11) is 0. The van der Waals surface area contributed by atoms with E-state index in [2.05, 4.69) is 6.92 Å². The Hall–Kier alpha value is 0.0300. The molecular weight excluding hydrogens is 260 g/mol. The molecule has 0 aliphatic carbocycles. The van der Waals surface area contributed by atoms with Crippen molar-refractivity contribution < 1.29 is 9.53 Å². The van der Waals surface area contributed by atoms with Crippen molar-refractivity contribution in [2.24, 2.45) is 11.5 Å². The van der Waals surface area contributed by atoms with Gasteiger partial charge in [-0.1, -0.05) is 26.7 Å². The molecule has 1 unspecified atom stereocenters. The van der Waals surface area contributed by atoms with Crippen LogP contribution in [0.2, 0.25) is 0 Å². The Morgan fingerprint density at radius 1 is 1.29 bits per heavy atom. The van der Waals surface area contributed by atoms with Crippen molar-refractivity contribution in [1.82, 2.24) is 0 Å². The predicted molar refractivity (Wildman–Crippen MR) is 76.4 cm³/mol. The Kier molecular flexibility index (Phi) is 14.2. The maximum Gasteiger partial charge on any atom is 0.325 e. The van der Waals surface area contributed by atoms with Gasteiger partial charge in [0.15, 0.2) is 6.23 Å². The fraction of sp³-hybridized carbons (Fsp3) is 0.909. The van der Waals surface area contributed by atoms with E-state index >= 15 is 0 Å². The van der Waals surface area contributed by atoms with E-state index < -0.39 is 12.3 Å². The number of nitrogens with two attached hydrogens (primary N) is 2. The van der Waals surface area contributed by atoms with Gasteiger partial charge in [0.25, 0.3) is 0 Å². The first-order valence-electron chi connectivity index (χ1n) is 5.91. The Morgan fingerprint density at radius 3 is 2.47 bits per heavy atom. The molecule has 0 aliphatic heterocycles. The molecule has 0 radical (unpaired) electrons. The Labute approximate surface area is 115 Å². The van der Waals surface area contributed by atoms with Crippen LogP contribution in [-0.2, 0) is 9.53 Å². The molecule has 0 aromatic carbocycles. The summed E-state index contributed by atoms with van der Waals surface area (Å²) in [6.45, 7) is 4.15. The van der Waals surface area contributed by atoms with Crippen molar-refractivity contribution in [2.45, 2.75) is 51.8 Å². The minimum atomic E-state index is -0.554. The quantitative estimate of drug-likeness (QED) is 0.384. The van der Waals surface area contributed by atoms with Gasteiger partial charge in [0.1, 0.15) is 6.04 Å². The molecule has 0 bridgehead atoms. The lowest BCUT2D eigenvalue weighted by molar-refractivity contribution is -0.150. The number of carbonyl (C=O) groups is 1. The Balaban J connectivity index is 0. The summed E-state index contributed by atoms with van der Waals surface area (Å²) in [4.78, 5) is 11.5. The second-order valence-electron chi connectivity index (χ2n) is 3.74. The Bertz CT molecular complexity index is 196. The molecule has 0 rings (SSSR count). The zero-order valence-electron chi connectivity index (χ0n) is 10.7. The molecule has 17 heavy (non-hydrogen) atoms. The number of hydrogen-bond donors (Lipinski definition) is 2. The minimum absolute atomic E-state index is 0. The highest BCUT2D eigenvalue weighted by Crippen LogP contribution is 2.06. The smallest absolute Gasteiger partial charge is 0.325 e. The molecule has 4 nitrogen and oxygen atoms in total. The largest absolute Gasteiger partial charge is 0.446 e. The maximum atomic E-state index is 11.5. The summed E-state index contributed by atoms with van der Waals surface area (Å²) in [6.07, 6.45) is 3.45. The lowest BCUT2D eigenvalue weighted by Gasteiger charge is -2.16. The number of rotatable bonds is 9. The van der Waals surface area contributed by atoms with Gasteiger partial charge < -0.3 is 10.5 Å². The number of unbranched alkanes of at least 4 members (excludes halogenated alkanes) is 2. The van der Waals surface area contributed by atoms with E-state index in [1.165, 1.54) is 0 Å². The molecule has 0 amide bonds. The third-order valence-corrected chi connectivity index (χ3v) is 3.17. The summed E-state index contributed by atoms with van der Waals surface area (Å²) >= 11 is 1.63. The first kappa shape index (κ1) is 19.4. The zero-order chi connectivity index (χ0) is 12.4. The van der Waals surface area contributed by atoms with E-state index in [0.717, 1.165) is 25.0 Å². The monoisotopic (exact) mass is 284 g/mol. The van der Waals surface area contributed by atoms with Crippen LogP contribution in [0.4, 0.5) is 0 Å². The molecule has 0 fully saturated rings. The first-order valence-corrected chi connectivity index (χ1v) is 7.06. The average Bonchev–Trinajstić information content (AvgIpc) is 2.26. The van der Waals surface area contributed by atoms with Gasteiger partial charge in [-0.25, -0.2) is 0 Å². The second-order valence-corrected chi connectivity index (χ2v) is 5.06. The molecule has 4 N–H and O–H groups in total. The van der Waals surface area contributed by atoms with Crippen LogP contribution in [0, 0.1) is 0 Å². The van der Waals surface area contributed by atoms with Crippen molar-refractivity contribution in [1.29, 1.82) is 0 Å². The third-order valence-electron chi connectivity index (χ3n) is 2.16. The number of ether oxygens (including phenoxy) is 1. The number of carbonyl (C=O) groups excluding carboxylic acids is 1. The van der Waals surface area contributed by atoms with Gasteiger partial charge in [-0.3, -0.25) is 10.5 Å². The Morgan fingerprint density at radius 2 is 1.94 bits per heavy atom. The van der Waals surface area contributed by atoms with E-state index in [0.29, 0.717) is 12.2 Å². The highest BCUT2D eigenvalue weighted by Gasteiger charge is 2.17. The number of halogens is 1. The third kappa shape index (κ3) is 10.9. The van der Waals surface area contributed by atoms with Crippen LogP contribution in [0.5, 0.6) is 0 Å². The van der Waals surface area contributed by atoms with Crippen LogP contribution in [0.15, 0.2) is 0 Å². The second kappa shape index (κ2) is 12.5. The molecule has 0 heterocycles. The molecule has 0 aliphatic rings. The topological polar surface area (TPSA) is 78.3 Å². The van der Waals surface area contributed by atoms with Gasteiger partial charge in [-0.2, -0.15) is 11.8 Å². The number of hydrogen-bond acceptors (Lipinski definition) is 5. The predicted octanol–water partition coefficient (Wildman–Crippen LogP) is 1.90. The first-order chi connectivity index (χ1) is 7.61. The average molecular weight is 285 g/mol. The molecule has 0 saturated heterocycles. The minimum Gasteiger partial charge on any atom is -0.446 e. The van der Waals surface area contributed by atoms with Crippen LogP contribution in [0.3, 0.4) is 0 Å². The van der Waals surface area contributed by atoms with Gasteiger partial charge in [0.2, 0.25) is 0 Å². The highest BCUT2D eigenvalue weighted by atomic mass is 35.5. The number of thioether (sulfide) groups is 1. The molecule has 2 atom stereocenters. The molecule has 0 spiro atoms. The van der Waals surface area contributed by atoms with Gasteiger partial charge in [0.05, 0.1) is 0 Å². The summed E-state index contributed by atoms with van der Waals surface area (Å²) in [6, 6.07) is -0.554. The van der Waals surface area contributed by atoms with E-state index in [9.17, 15) is 4.79 Å².